The van der Waals surface area contributed by atoms with Gasteiger partial charge in [-0.1, -0.05) is 46.3 Å². The van der Waals surface area contributed by atoms with E-state index < -0.39 is 5.97 Å². The molecule has 0 aliphatic heterocycles. The minimum absolute atomic E-state index is 0.0185. The number of H-pyrrole nitrogens is 1. The Labute approximate surface area is 177 Å². The zero-order valence-electron chi connectivity index (χ0n) is 16.1. The molecule has 1 aromatic heterocycles. The van der Waals surface area contributed by atoms with E-state index in [-0.39, 0.29) is 17.6 Å². The highest BCUT2D eigenvalue weighted by molar-refractivity contribution is 9.10. The molecular formula is C23H22BrNO4. The molecule has 0 atom stereocenters. The molecule has 0 amide bonds. The number of aromatic nitrogens is 1. The number of benzene rings is 2. The normalized spacial score (nSPS) is 10.6. The van der Waals surface area contributed by atoms with Gasteiger partial charge in [-0.25, -0.2) is 4.79 Å². The highest BCUT2D eigenvalue weighted by Crippen LogP contribution is 2.25. The van der Waals surface area contributed by atoms with Crippen molar-refractivity contribution in [3.05, 3.63) is 97.9 Å². The zero-order valence-corrected chi connectivity index (χ0v) is 17.7. The number of hydrogen-bond donors (Lipinski definition) is 1. The molecule has 0 fully saturated rings. The molecule has 0 radical (unpaired) electrons. The van der Waals surface area contributed by atoms with E-state index in [0.717, 1.165) is 27.0 Å². The molecule has 150 valence electrons. The Balaban J connectivity index is 1.70. The molecule has 2 aromatic carbocycles. The molecule has 0 aliphatic rings. The average molecular weight is 456 g/mol. The van der Waals surface area contributed by atoms with Crippen molar-refractivity contribution in [2.45, 2.75) is 26.4 Å². The van der Waals surface area contributed by atoms with Crippen LogP contribution in [0.2, 0.25) is 0 Å². The first kappa shape index (κ1) is 20.9. The number of aryl methyl sites for hydroxylation is 2. The lowest BCUT2D eigenvalue weighted by molar-refractivity contribution is 0.0524. The van der Waals surface area contributed by atoms with Crippen molar-refractivity contribution in [2.75, 3.05) is 6.61 Å². The second-order valence-corrected chi connectivity index (χ2v) is 7.40. The molecule has 0 bridgehead atoms. The van der Waals surface area contributed by atoms with Crippen molar-refractivity contribution < 1.29 is 14.3 Å². The maximum absolute atomic E-state index is 12.2. The van der Waals surface area contributed by atoms with E-state index in [1.807, 2.05) is 48.5 Å². The number of hydrogen-bond acceptors (Lipinski definition) is 4. The Hall–Kier alpha value is -2.86. The largest absolute Gasteiger partial charge is 0.489 e. The maximum atomic E-state index is 12.2. The van der Waals surface area contributed by atoms with Crippen LogP contribution in [0.3, 0.4) is 0 Å². The Morgan fingerprint density at radius 3 is 2.59 bits per heavy atom. The minimum Gasteiger partial charge on any atom is -0.489 e. The molecule has 0 aliphatic carbocycles. The van der Waals surface area contributed by atoms with Crippen molar-refractivity contribution in [2.24, 2.45) is 0 Å². The number of carbonyl (C=O) groups excluding carboxylic acids is 1. The molecule has 5 nitrogen and oxygen atoms in total. The number of aromatic amines is 1. The first-order valence-corrected chi connectivity index (χ1v) is 10.2. The molecule has 0 saturated heterocycles. The van der Waals surface area contributed by atoms with Crippen LogP contribution in [0.25, 0.3) is 0 Å². The summed E-state index contributed by atoms with van der Waals surface area (Å²) in [5.41, 5.74) is 2.56. The molecule has 29 heavy (non-hydrogen) atoms. The van der Waals surface area contributed by atoms with E-state index in [2.05, 4.69) is 20.9 Å². The Morgan fingerprint density at radius 1 is 1.07 bits per heavy atom. The van der Waals surface area contributed by atoms with Crippen LogP contribution in [0, 0.1) is 0 Å². The summed E-state index contributed by atoms with van der Waals surface area (Å²) in [5, 5.41) is 0. The fourth-order valence-corrected chi connectivity index (χ4v) is 3.32. The predicted molar refractivity (Wildman–Crippen MR) is 115 cm³/mol. The summed E-state index contributed by atoms with van der Waals surface area (Å²) in [4.78, 5) is 27.0. The van der Waals surface area contributed by atoms with Crippen LogP contribution >= 0.6 is 15.9 Å². The number of carbonyl (C=O) groups is 1. The standard InChI is InChI=1S/C23H22BrNO4/c1-2-28-23(27)20-14-25-19(13-21(20)26)10-8-17-12-18(24)9-11-22(17)29-15-16-6-4-3-5-7-16/h3-7,9,11-14H,2,8,10,15H2,1H3,(H,25,26). The number of pyridine rings is 1. The lowest BCUT2D eigenvalue weighted by Crippen LogP contribution is -2.18. The van der Waals surface area contributed by atoms with Gasteiger partial charge >= 0.3 is 5.97 Å². The van der Waals surface area contributed by atoms with Gasteiger partial charge in [0, 0.05) is 22.4 Å². The SMILES string of the molecule is CCOC(=O)c1c[nH]c(CCc2cc(Br)ccc2OCc2ccccc2)cc1=O. The molecule has 0 saturated carbocycles. The van der Waals surface area contributed by atoms with Gasteiger partial charge in [-0.15, -0.1) is 0 Å². The fraction of sp³-hybridized carbons (Fsp3) is 0.217. The summed E-state index contributed by atoms with van der Waals surface area (Å²) in [6.45, 7) is 2.42. The van der Waals surface area contributed by atoms with Gasteiger partial charge in [-0.2, -0.15) is 0 Å². The first-order valence-electron chi connectivity index (χ1n) is 9.40. The van der Waals surface area contributed by atoms with Crippen molar-refractivity contribution in [3.63, 3.8) is 0 Å². The summed E-state index contributed by atoms with van der Waals surface area (Å²) in [7, 11) is 0. The van der Waals surface area contributed by atoms with E-state index in [0.29, 0.717) is 19.4 Å². The third-order valence-corrected chi connectivity index (χ3v) is 4.88. The van der Waals surface area contributed by atoms with Crippen LogP contribution in [0.15, 0.2) is 70.1 Å². The van der Waals surface area contributed by atoms with E-state index >= 15 is 0 Å². The zero-order chi connectivity index (χ0) is 20.6. The summed E-state index contributed by atoms with van der Waals surface area (Å²) in [6, 6.07) is 17.3. The van der Waals surface area contributed by atoms with Crippen molar-refractivity contribution in [3.8, 4) is 5.75 Å². The van der Waals surface area contributed by atoms with Gasteiger partial charge in [0.05, 0.1) is 6.61 Å². The summed E-state index contributed by atoms with van der Waals surface area (Å²) < 4.78 is 11.9. The van der Waals surface area contributed by atoms with Crippen LogP contribution in [0.1, 0.15) is 34.1 Å². The number of esters is 1. The molecule has 0 spiro atoms. The number of rotatable bonds is 8. The minimum atomic E-state index is -0.608. The van der Waals surface area contributed by atoms with Gasteiger partial charge in [0.1, 0.15) is 17.9 Å². The average Bonchev–Trinajstić information content (AvgIpc) is 2.72. The summed E-state index contributed by atoms with van der Waals surface area (Å²) in [5.74, 6) is 0.200. The number of nitrogens with one attached hydrogen (secondary N) is 1. The fourth-order valence-electron chi connectivity index (χ4n) is 2.92. The second-order valence-electron chi connectivity index (χ2n) is 6.48. The van der Waals surface area contributed by atoms with Gasteiger partial charge in [0.25, 0.3) is 0 Å². The highest BCUT2D eigenvalue weighted by Gasteiger charge is 2.12. The van der Waals surface area contributed by atoms with Gasteiger partial charge in [0.2, 0.25) is 0 Å². The number of halogens is 1. The molecule has 0 unspecified atom stereocenters. The van der Waals surface area contributed by atoms with Gasteiger partial charge in [0.15, 0.2) is 5.43 Å². The van der Waals surface area contributed by atoms with E-state index in [1.165, 1.54) is 12.3 Å². The van der Waals surface area contributed by atoms with Crippen LogP contribution in [-0.2, 0) is 24.2 Å². The lowest BCUT2D eigenvalue weighted by atomic mass is 10.1. The third kappa shape index (κ3) is 5.81. The molecular weight excluding hydrogens is 434 g/mol. The monoisotopic (exact) mass is 455 g/mol. The quantitative estimate of drug-likeness (QED) is 0.500. The van der Waals surface area contributed by atoms with E-state index in [9.17, 15) is 9.59 Å². The number of ether oxygens (including phenoxy) is 2. The Bertz CT molecular complexity index is 1030. The summed E-state index contributed by atoms with van der Waals surface area (Å²) in [6.07, 6.45) is 2.71. The third-order valence-electron chi connectivity index (χ3n) is 4.39. The Morgan fingerprint density at radius 2 is 1.86 bits per heavy atom. The highest BCUT2D eigenvalue weighted by atomic mass is 79.9. The molecule has 1 heterocycles. The molecule has 6 heteroatoms. The van der Waals surface area contributed by atoms with Crippen LogP contribution < -0.4 is 10.2 Å². The topological polar surface area (TPSA) is 68.4 Å². The van der Waals surface area contributed by atoms with E-state index in [1.54, 1.807) is 6.92 Å². The van der Waals surface area contributed by atoms with Crippen LogP contribution in [-0.4, -0.2) is 17.6 Å². The predicted octanol–water partition coefficient (Wildman–Crippen LogP) is 4.68. The van der Waals surface area contributed by atoms with Crippen LogP contribution in [0.4, 0.5) is 0 Å². The Kier molecular flexibility index (Phi) is 7.25. The second kappa shape index (κ2) is 10.1. The smallest absolute Gasteiger partial charge is 0.343 e. The molecule has 1 N–H and O–H groups in total. The van der Waals surface area contributed by atoms with Crippen molar-refractivity contribution in [1.29, 1.82) is 0 Å². The molecule has 3 rings (SSSR count). The van der Waals surface area contributed by atoms with Gasteiger partial charge < -0.3 is 14.5 Å². The van der Waals surface area contributed by atoms with Crippen molar-refractivity contribution >= 4 is 21.9 Å². The van der Waals surface area contributed by atoms with Crippen molar-refractivity contribution in [1.82, 2.24) is 4.98 Å². The van der Waals surface area contributed by atoms with Gasteiger partial charge in [-0.05, 0) is 49.1 Å². The lowest BCUT2D eigenvalue weighted by Gasteiger charge is -2.12. The van der Waals surface area contributed by atoms with E-state index in [4.69, 9.17) is 9.47 Å². The van der Waals surface area contributed by atoms with Crippen LogP contribution in [0.5, 0.6) is 5.75 Å². The maximum Gasteiger partial charge on any atom is 0.343 e. The van der Waals surface area contributed by atoms with Gasteiger partial charge in [-0.3, -0.25) is 4.79 Å². The first-order chi connectivity index (χ1) is 14.1. The summed E-state index contributed by atoms with van der Waals surface area (Å²) >= 11 is 3.51. The molecule has 3 aromatic rings.